The molecule has 1 spiro atoms. The maximum absolute atomic E-state index is 11.5. The van der Waals surface area contributed by atoms with Crippen LogP contribution in [0.3, 0.4) is 0 Å². The topological polar surface area (TPSA) is 44.8 Å². The Bertz CT molecular complexity index is 343. The van der Waals surface area contributed by atoms with E-state index in [9.17, 15) is 4.79 Å². The summed E-state index contributed by atoms with van der Waals surface area (Å²) in [5, 5.41) is 3.48. The highest BCUT2D eigenvalue weighted by atomic mass is 35.5. The van der Waals surface area contributed by atoms with E-state index in [1.54, 1.807) is 4.90 Å². The van der Waals surface area contributed by atoms with E-state index in [1.807, 2.05) is 7.05 Å². The van der Waals surface area contributed by atoms with Gasteiger partial charge < -0.3 is 19.9 Å². The molecule has 1 amide bonds. The van der Waals surface area contributed by atoms with E-state index in [4.69, 9.17) is 4.74 Å². The number of rotatable bonds is 2. The first kappa shape index (κ1) is 18.8. The van der Waals surface area contributed by atoms with E-state index in [0.29, 0.717) is 0 Å². The van der Waals surface area contributed by atoms with Crippen molar-refractivity contribution in [3.63, 3.8) is 0 Å². The van der Waals surface area contributed by atoms with Gasteiger partial charge in [0.15, 0.2) is 0 Å². The number of piperidine rings is 2. The number of likely N-dealkylation sites (N-methyl/N-ethyl adjacent to an activating group) is 1. The van der Waals surface area contributed by atoms with Crippen LogP contribution in [0, 0.1) is 5.92 Å². The minimum atomic E-state index is -0.187. The molecule has 3 saturated heterocycles. The molecule has 1 N–H and O–H groups in total. The summed E-state index contributed by atoms with van der Waals surface area (Å²) in [6.07, 6.45) is 4.49. The minimum Gasteiger partial charge on any atom is -0.441 e. The summed E-state index contributed by atoms with van der Waals surface area (Å²) in [6.45, 7) is 6.45. The second-order valence-electron chi connectivity index (χ2n) is 6.42. The van der Waals surface area contributed by atoms with Crippen LogP contribution in [0.4, 0.5) is 4.79 Å². The summed E-state index contributed by atoms with van der Waals surface area (Å²) >= 11 is 0. The van der Waals surface area contributed by atoms with Gasteiger partial charge in [0, 0.05) is 39.5 Å². The first-order valence-electron chi connectivity index (χ1n) is 7.54. The van der Waals surface area contributed by atoms with Gasteiger partial charge in [-0.2, -0.15) is 0 Å². The highest BCUT2D eigenvalue weighted by molar-refractivity contribution is 5.85. The standard InChI is InChI=1S/C14H25N3O2.2ClH/c1-16-11-14(19-13(16)18)4-7-17(8-5-14)10-12-3-2-6-15-9-12;;/h12,15H,2-11H2,1H3;2*1H. The third-order valence-corrected chi connectivity index (χ3v) is 4.82. The molecule has 0 bridgehead atoms. The zero-order valence-electron chi connectivity index (χ0n) is 12.7. The summed E-state index contributed by atoms with van der Waals surface area (Å²) < 4.78 is 5.59. The Kier molecular flexibility index (Phi) is 7.04. The molecule has 3 aliphatic rings. The fourth-order valence-electron chi connectivity index (χ4n) is 3.64. The van der Waals surface area contributed by atoms with Gasteiger partial charge in [-0.3, -0.25) is 0 Å². The van der Waals surface area contributed by atoms with E-state index >= 15 is 0 Å². The van der Waals surface area contributed by atoms with E-state index in [1.165, 1.54) is 32.5 Å². The first-order chi connectivity index (χ1) is 9.17. The molecule has 1 unspecified atom stereocenters. The highest BCUT2D eigenvalue weighted by Gasteiger charge is 2.45. The smallest absolute Gasteiger partial charge is 0.410 e. The molecule has 0 aromatic heterocycles. The van der Waals surface area contributed by atoms with Crippen LogP contribution in [0.25, 0.3) is 0 Å². The van der Waals surface area contributed by atoms with Gasteiger partial charge in [-0.05, 0) is 31.8 Å². The molecule has 0 saturated carbocycles. The highest BCUT2D eigenvalue weighted by Crippen LogP contribution is 2.32. The Balaban J connectivity index is 0.00000110. The molecule has 3 rings (SSSR count). The molecule has 124 valence electrons. The summed E-state index contributed by atoms with van der Waals surface area (Å²) in [4.78, 5) is 15.8. The monoisotopic (exact) mass is 339 g/mol. The van der Waals surface area contributed by atoms with Crippen molar-refractivity contribution in [3.05, 3.63) is 0 Å². The van der Waals surface area contributed by atoms with Crippen molar-refractivity contribution in [1.82, 2.24) is 15.1 Å². The van der Waals surface area contributed by atoms with Gasteiger partial charge in [-0.25, -0.2) is 4.79 Å². The molecule has 1 atom stereocenters. The van der Waals surface area contributed by atoms with Gasteiger partial charge in [-0.15, -0.1) is 24.8 Å². The summed E-state index contributed by atoms with van der Waals surface area (Å²) in [5.41, 5.74) is -0.187. The zero-order chi connectivity index (χ0) is 13.3. The van der Waals surface area contributed by atoms with Gasteiger partial charge in [0.2, 0.25) is 0 Å². The van der Waals surface area contributed by atoms with Crippen molar-refractivity contribution in [2.24, 2.45) is 5.92 Å². The molecule has 7 heteroatoms. The molecule has 3 heterocycles. The Morgan fingerprint density at radius 1 is 1.33 bits per heavy atom. The second-order valence-corrected chi connectivity index (χ2v) is 6.42. The average Bonchev–Trinajstić information content (AvgIpc) is 2.69. The van der Waals surface area contributed by atoms with Crippen molar-refractivity contribution in [1.29, 1.82) is 0 Å². The Morgan fingerprint density at radius 3 is 2.57 bits per heavy atom. The average molecular weight is 340 g/mol. The van der Waals surface area contributed by atoms with Crippen molar-refractivity contribution in [2.75, 3.05) is 46.3 Å². The zero-order valence-corrected chi connectivity index (χ0v) is 14.3. The van der Waals surface area contributed by atoms with E-state index < -0.39 is 0 Å². The molecule has 0 aromatic rings. The number of halogens is 2. The van der Waals surface area contributed by atoms with Crippen LogP contribution in [-0.4, -0.2) is 67.8 Å². The Morgan fingerprint density at radius 2 is 2.05 bits per heavy atom. The quantitative estimate of drug-likeness (QED) is 0.832. The van der Waals surface area contributed by atoms with Crippen molar-refractivity contribution in [2.45, 2.75) is 31.3 Å². The van der Waals surface area contributed by atoms with Crippen LogP contribution in [0.15, 0.2) is 0 Å². The first-order valence-corrected chi connectivity index (χ1v) is 7.54. The van der Waals surface area contributed by atoms with E-state index in [-0.39, 0.29) is 36.5 Å². The number of carbonyl (C=O) groups is 1. The van der Waals surface area contributed by atoms with Gasteiger partial charge >= 0.3 is 6.09 Å². The SMILES string of the molecule is CN1CC2(CCN(CC3CCCNC3)CC2)OC1=O.Cl.Cl. The number of ether oxygens (including phenoxy) is 1. The molecule has 0 aromatic carbocycles. The minimum absolute atomic E-state index is 0. The fourth-order valence-corrected chi connectivity index (χ4v) is 3.64. The molecular weight excluding hydrogens is 313 g/mol. The van der Waals surface area contributed by atoms with E-state index in [2.05, 4.69) is 10.2 Å². The number of likely N-dealkylation sites (tertiary alicyclic amines) is 1. The van der Waals surface area contributed by atoms with Gasteiger partial charge in [0.05, 0.1) is 6.54 Å². The number of nitrogens with one attached hydrogen (secondary N) is 1. The molecule has 3 aliphatic heterocycles. The normalized spacial score (nSPS) is 28.7. The van der Waals surface area contributed by atoms with Gasteiger partial charge in [0.1, 0.15) is 5.60 Å². The molecule has 0 aliphatic carbocycles. The van der Waals surface area contributed by atoms with Crippen molar-refractivity contribution < 1.29 is 9.53 Å². The van der Waals surface area contributed by atoms with Gasteiger partial charge in [0.25, 0.3) is 0 Å². The third-order valence-electron chi connectivity index (χ3n) is 4.82. The molecule has 0 radical (unpaired) electrons. The Labute approximate surface area is 139 Å². The lowest BCUT2D eigenvalue weighted by molar-refractivity contribution is -0.00333. The molecule has 5 nitrogen and oxygen atoms in total. The second kappa shape index (κ2) is 7.86. The largest absolute Gasteiger partial charge is 0.441 e. The van der Waals surface area contributed by atoms with Crippen LogP contribution in [0.5, 0.6) is 0 Å². The van der Waals surface area contributed by atoms with E-state index in [0.717, 1.165) is 38.4 Å². The van der Waals surface area contributed by atoms with Crippen LogP contribution >= 0.6 is 24.8 Å². The maximum atomic E-state index is 11.5. The van der Waals surface area contributed by atoms with Crippen molar-refractivity contribution in [3.8, 4) is 0 Å². The Hall–Kier alpha value is -0.230. The maximum Gasteiger partial charge on any atom is 0.410 e. The number of nitrogens with zero attached hydrogens (tertiary/aromatic N) is 2. The van der Waals surface area contributed by atoms with Gasteiger partial charge in [-0.1, -0.05) is 0 Å². The number of amides is 1. The fraction of sp³-hybridized carbons (Fsp3) is 0.929. The number of hydrogen-bond donors (Lipinski definition) is 1. The molecule has 21 heavy (non-hydrogen) atoms. The lowest BCUT2D eigenvalue weighted by Crippen LogP contribution is -2.49. The third kappa shape index (κ3) is 4.38. The lowest BCUT2D eigenvalue weighted by Gasteiger charge is -2.39. The van der Waals surface area contributed by atoms with Crippen LogP contribution in [0.2, 0.25) is 0 Å². The summed E-state index contributed by atoms with van der Waals surface area (Å²) in [7, 11) is 1.83. The van der Waals surface area contributed by atoms with Crippen LogP contribution < -0.4 is 5.32 Å². The lowest BCUT2D eigenvalue weighted by atomic mass is 9.90. The molecule has 3 fully saturated rings. The number of carbonyl (C=O) groups excluding carboxylic acids is 1. The van der Waals surface area contributed by atoms with Crippen molar-refractivity contribution >= 4 is 30.9 Å². The van der Waals surface area contributed by atoms with Crippen LogP contribution in [0.1, 0.15) is 25.7 Å². The number of hydrogen-bond acceptors (Lipinski definition) is 4. The molecular formula is C14H27Cl2N3O2. The summed E-state index contributed by atoms with van der Waals surface area (Å²) in [5.74, 6) is 0.802. The predicted octanol–water partition coefficient (Wildman–Crippen LogP) is 1.75. The predicted molar refractivity (Wildman–Crippen MR) is 87.6 cm³/mol. The van der Waals surface area contributed by atoms with Crippen LogP contribution in [-0.2, 0) is 4.74 Å². The summed E-state index contributed by atoms with van der Waals surface area (Å²) in [6, 6.07) is 0.